The van der Waals surface area contributed by atoms with Crippen LogP contribution in [0.3, 0.4) is 0 Å². The summed E-state index contributed by atoms with van der Waals surface area (Å²) in [5.41, 5.74) is 2.48. The van der Waals surface area contributed by atoms with Crippen LogP contribution in [-0.4, -0.2) is 53.2 Å². The maximum Gasteiger partial charge on any atom is 0.257 e. The molecule has 0 aromatic carbocycles. The molecule has 2 aliphatic rings. The number of hydrogen-bond acceptors (Lipinski definition) is 5. The van der Waals surface area contributed by atoms with Gasteiger partial charge in [0.15, 0.2) is 0 Å². The Kier molecular flexibility index (Phi) is 4.91. The van der Waals surface area contributed by atoms with Crippen molar-refractivity contribution < 1.29 is 14.3 Å². The van der Waals surface area contributed by atoms with Gasteiger partial charge < -0.3 is 19.3 Å². The lowest BCUT2D eigenvalue weighted by Crippen LogP contribution is -2.60. The number of aliphatic hydroxyl groups excluding tert-OH is 1. The number of anilines is 1. The molecule has 2 fully saturated rings. The zero-order valence-electron chi connectivity index (χ0n) is 16.9. The van der Waals surface area contributed by atoms with Crippen molar-refractivity contribution in [2.45, 2.75) is 46.1 Å². The molecule has 0 aliphatic carbocycles. The molecule has 28 heavy (non-hydrogen) atoms. The van der Waals surface area contributed by atoms with E-state index in [-0.39, 0.29) is 11.3 Å². The Balaban J connectivity index is 1.57. The van der Waals surface area contributed by atoms with Crippen LogP contribution in [0.1, 0.15) is 46.8 Å². The highest BCUT2D eigenvalue weighted by Crippen LogP contribution is 2.40. The molecule has 2 atom stereocenters. The smallest absolute Gasteiger partial charge is 0.257 e. The van der Waals surface area contributed by atoms with Crippen LogP contribution in [0.15, 0.2) is 28.8 Å². The molecule has 1 spiro atoms. The van der Waals surface area contributed by atoms with E-state index in [0.29, 0.717) is 24.3 Å². The average Bonchev–Trinajstić information content (AvgIpc) is 3.02. The van der Waals surface area contributed by atoms with Gasteiger partial charge in [0.1, 0.15) is 11.5 Å². The maximum atomic E-state index is 13.1. The van der Waals surface area contributed by atoms with E-state index >= 15 is 0 Å². The molecule has 6 heteroatoms. The van der Waals surface area contributed by atoms with Crippen LogP contribution in [0.25, 0.3) is 0 Å². The minimum absolute atomic E-state index is 0.0116. The van der Waals surface area contributed by atoms with E-state index in [1.54, 1.807) is 0 Å². The molecule has 4 rings (SSSR count). The average molecular weight is 383 g/mol. The minimum atomic E-state index is -0.394. The Morgan fingerprint density at radius 1 is 1.25 bits per heavy atom. The van der Waals surface area contributed by atoms with E-state index in [2.05, 4.69) is 16.0 Å². The zero-order chi connectivity index (χ0) is 19.9. The van der Waals surface area contributed by atoms with Crippen molar-refractivity contribution >= 4 is 11.6 Å². The Labute approximate surface area is 166 Å². The second-order valence-electron chi connectivity index (χ2n) is 8.40. The number of carbonyl (C=O) groups is 1. The highest BCUT2D eigenvalue weighted by atomic mass is 16.3. The first-order valence-corrected chi connectivity index (χ1v) is 10.1. The highest BCUT2D eigenvalue weighted by molar-refractivity contribution is 5.95. The molecule has 0 saturated carbocycles. The Morgan fingerprint density at radius 2 is 2.07 bits per heavy atom. The standard InChI is InChI=1S/C22H29N3O3/c1-15-11-18(5-8-23-15)24-10-6-20(26)22(13-24)7-4-9-25(14-22)21(27)19-12-16(2)28-17(19)3/h5,8,11-12,20,26H,4,6-7,9-10,13-14H2,1-3H3/t20-,22-/m1/s1. The lowest BCUT2D eigenvalue weighted by Gasteiger charge is -2.51. The summed E-state index contributed by atoms with van der Waals surface area (Å²) in [4.78, 5) is 21.7. The third-order valence-electron chi connectivity index (χ3n) is 6.30. The van der Waals surface area contributed by atoms with Crippen molar-refractivity contribution in [2.24, 2.45) is 5.41 Å². The maximum absolute atomic E-state index is 13.1. The lowest BCUT2D eigenvalue weighted by atomic mass is 9.71. The number of rotatable bonds is 2. The molecular weight excluding hydrogens is 354 g/mol. The molecule has 1 amide bonds. The fourth-order valence-corrected chi connectivity index (χ4v) is 4.84. The summed E-state index contributed by atoms with van der Waals surface area (Å²) >= 11 is 0. The van der Waals surface area contributed by atoms with Crippen LogP contribution in [0.5, 0.6) is 0 Å². The topological polar surface area (TPSA) is 69.8 Å². The van der Waals surface area contributed by atoms with Crippen molar-refractivity contribution in [3.63, 3.8) is 0 Å². The lowest BCUT2D eigenvalue weighted by molar-refractivity contribution is -0.0361. The summed E-state index contributed by atoms with van der Waals surface area (Å²) in [6.45, 7) is 8.58. The zero-order valence-corrected chi connectivity index (χ0v) is 16.9. The molecule has 2 aromatic heterocycles. The first-order valence-electron chi connectivity index (χ1n) is 10.1. The fourth-order valence-electron chi connectivity index (χ4n) is 4.84. The van der Waals surface area contributed by atoms with Gasteiger partial charge in [0.2, 0.25) is 0 Å². The van der Waals surface area contributed by atoms with Gasteiger partial charge >= 0.3 is 0 Å². The van der Waals surface area contributed by atoms with Crippen LogP contribution < -0.4 is 4.90 Å². The van der Waals surface area contributed by atoms with Gasteiger partial charge in [-0.15, -0.1) is 0 Å². The van der Waals surface area contributed by atoms with E-state index in [9.17, 15) is 9.90 Å². The number of pyridine rings is 1. The number of amides is 1. The summed E-state index contributed by atoms with van der Waals surface area (Å²) in [6.07, 6.45) is 4.00. The summed E-state index contributed by atoms with van der Waals surface area (Å²) < 4.78 is 5.56. The summed E-state index contributed by atoms with van der Waals surface area (Å²) in [6, 6.07) is 5.94. The molecule has 4 heterocycles. The Morgan fingerprint density at radius 3 is 2.79 bits per heavy atom. The number of piperidine rings is 2. The van der Waals surface area contributed by atoms with Crippen molar-refractivity contribution in [3.05, 3.63) is 47.2 Å². The molecule has 2 aromatic rings. The second-order valence-corrected chi connectivity index (χ2v) is 8.40. The fraction of sp³-hybridized carbons (Fsp3) is 0.545. The van der Waals surface area contributed by atoms with Gasteiger partial charge in [0, 0.05) is 49.2 Å². The van der Waals surface area contributed by atoms with Gasteiger partial charge in [-0.1, -0.05) is 0 Å². The second kappa shape index (κ2) is 7.24. The molecule has 2 aliphatic heterocycles. The van der Waals surface area contributed by atoms with Gasteiger partial charge in [-0.05, 0) is 58.2 Å². The number of nitrogens with zero attached hydrogens (tertiary/aromatic N) is 3. The van der Waals surface area contributed by atoms with Crippen LogP contribution in [0.2, 0.25) is 0 Å². The van der Waals surface area contributed by atoms with Crippen molar-refractivity contribution in [2.75, 3.05) is 31.1 Å². The molecular formula is C22H29N3O3. The Hall–Kier alpha value is -2.34. The van der Waals surface area contributed by atoms with Gasteiger partial charge in [-0.2, -0.15) is 0 Å². The van der Waals surface area contributed by atoms with Crippen LogP contribution in [0, 0.1) is 26.2 Å². The van der Waals surface area contributed by atoms with E-state index in [0.717, 1.165) is 49.6 Å². The molecule has 6 nitrogen and oxygen atoms in total. The largest absolute Gasteiger partial charge is 0.466 e. The number of aliphatic hydroxyl groups is 1. The monoisotopic (exact) mass is 383 g/mol. The quantitative estimate of drug-likeness (QED) is 0.863. The number of aryl methyl sites for hydroxylation is 3. The van der Waals surface area contributed by atoms with Crippen molar-refractivity contribution in [1.29, 1.82) is 0 Å². The minimum Gasteiger partial charge on any atom is -0.466 e. The number of furan rings is 1. The summed E-state index contributed by atoms with van der Waals surface area (Å²) in [5, 5.41) is 10.9. The predicted molar refractivity (Wildman–Crippen MR) is 108 cm³/mol. The third kappa shape index (κ3) is 3.41. The number of hydrogen-bond donors (Lipinski definition) is 1. The van der Waals surface area contributed by atoms with Crippen molar-refractivity contribution in [1.82, 2.24) is 9.88 Å². The van der Waals surface area contributed by atoms with Crippen molar-refractivity contribution in [3.8, 4) is 0 Å². The van der Waals surface area contributed by atoms with E-state index in [1.807, 2.05) is 44.0 Å². The summed E-state index contributed by atoms with van der Waals surface area (Å²) in [7, 11) is 0. The predicted octanol–water partition coefficient (Wildman–Crippen LogP) is 3.09. The van der Waals surface area contributed by atoms with Gasteiger partial charge in [0.25, 0.3) is 5.91 Å². The molecule has 0 unspecified atom stereocenters. The first-order chi connectivity index (χ1) is 13.4. The third-order valence-corrected chi connectivity index (χ3v) is 6.30. The number of likely N-dealkylation sites (tertiary alicyclic amines) is 1. The first kappa shape index (κ1) is 19.0. The normalized spacial score (nSPS) is 25.4. The molecule has 1 N–H and O–H groups in total. The molecule has 150 valence electrons. The van der Waals surface area contributed by atoms with Gasteiger partial charge in [-0.25, -0.2) is 0 Å². The summed E-state index contributed by atoms with van der Waals surface area (Å²) in [5.74, 6) is 1.43. The van der Waals surface area contributed by atoms with E-state index < -0.39 is 6.10 Å². The van der Waals surface area contributed by atoms with Crippen LogP contribution in [0.4, 0.5) is 5.69 Å². The van der Waals surface area contributed by atoms with Crippen LogP contribution in [-0.2, 0) is 0 Å². The molecule has 0 radical (unpaired) electrons. The van der Waals surface area contributed by atoms with Crippen LogP contribution >= 0.6 is 0 Å². The highest BCUT2D eigenvalue weighted by Gasteiger charge is 2.46. The Bertz CT molecular complexity index is 878. The molecule has 2 saturated heterocycles. The number of carbonyl (C=O) groups excluding carboxylic acids is 1. The van der Waals surface area contributed by atoms with Gasteiger partial charge in [0.05, 0.1) is 11.7 Å². The number of aromatic nitrogens is 1. The van der Waals surface area contributed by atoms with E-state index in [4.69, 9.17) is 4.42 Å². The SMILES string of the molecule is Cc1cc(N2CC[C@@H](O)[C@]3(CCCN(C(=O)c4cc(C)oc4C)C3)C2)ccn1. The van der Waals surface area contributed by atoms with Gasteiger partial charge in [-0.3, -0.25) is 9.78 Å². The van der Waals surface area contributed by atoms with E-state index in [1.165, 1.54) is 0 Å². The molecule has 0 bridgehead atoms.